The van der Waals surface area contributed by atoms with Gasteiger partial charge in [0.1, 0.15) is 41.6 Å². The SMILES string of the molecule is COc1cc(-c2coc3cc(O[C@@H]4O[C@H](CO)[C@@H](O)[C@H](O)[C@H]4O)c(OC)c(O)c3c2=O)ccc1O. The van der Waals surface area contributed by atoms with Crippen LogP contribution in [0.4, 0.5) is 0 Å². The third kappa shape index (κ3) is 4.22. The summed E-state index contributed by atoms with van der Waals surface area (Å²) in [6.45, 7) is -0.662. The Morgan fingerprint density at radius 3 is 2.37 bits per heavy atom. The van der Waals surface area contributed by atoms with Gasteiger partial charge in [-0.25, -0.2) is 0 Å². The zero-order valence-electron chi connectivity index (χ0n) is 18.6. The van der Waals surface area contributed by atoms with Crippen molar-refractivity contribution in [3.63, 3.8) is 0 Å². The van der Waals surface area contributed by atoms with Crippen molar-refractivity contribution in [1.29, 1.82) is 0 Å². The molecular formula is C23H24O12. The minimum atomic E-state index is -1.71. The summed E-state index contributed by atoms with van der Waals surface area (Å²) < 4.78 is 26.8. The normalized spacial score (nSPS) is 24.3. The largest absolute Gasteiger partial charge is 0.504 e. The van der Waals surface area contributed by atoms with Crippen molar-refractivity contribution in [2.24, 2.45) is 0 Å². The van der Waals surface area contributed by atoms with Crippen molar-refractivity contribution < 1.29 is 54.0 Å². The maximum Gasteiger partial charge on any atom is 0.229 e. The molecule has 0 bridgehead atoms. The molecule has 2 heterocycles. The number of aliphatic hydroxyl groups excluding tert-OH is 4. The number of rotatable bonds is 6. The van der Waals surface area contributed by atoms with E-state index < -0.39 is 48.5 Å². The highest BCUT2D eigenvalue weighted by Crippen LogP contribution is 2.43. The van der Waals surface area contributed by atoms with Crippen molar-refractivity contribution >= 4 is 11.0 Å². The van der Waals surface area contributed by atoms with E-state index in [1.807, 2.05) is 0 Å². The average molecular weight is 492 g/mol. The van der Waals surface area contributed by atoms with Gasteiger partial charge in [-0.3, -0.25) is 4.79 Å². The molecule has 0 radical (unpaired) electrons. The quantitative estimate of drug-likeness (QED) is 0.272. The van der Waals surface area contributed by atoms with Gasteiger partial charge in [-0.1, -0.05) is 6.07 Å². The fourth-order valence-corrected chi connectivity index (χ4v) is 3.85. The first-order valence-electron chi connectivity index (χ1n) is 10.4. The molecule has 188 valence electrons. The molecule has 0 saturated carbocycles. The molecular weight excluding hydrogens is 468 g/mol. The molecule has 35 heavy (non-hydrogen) atoms. The molecule has 1 aromatic heterocycles. The highest BCUT2D eigenvalue weighted by molar-refractivity contribution is 5.91. The molecule has 6 N–H and O–H groups in total. The van der Waals surface area contributed by atoms with E-state index in [1.165, 1.54) is 38.5 Å². The number of benzene rings is 2. The summed E-state index contributed by atoms with van der Waals surface area (Å²) in [4.78, 5) is 13.2. The average Bonchev–Trinajstić information content (AvgIpc) is 2.85. The van der Waals surface area contributed by atoms with E-state index >= 15 is 0 Å². The lowest BCUT2D eigenvalue weighted by Gasteiger charge is -2.39. The Hall–Kier alpha value is -3.55. The Balaban J connectivity index is 1.78. The Labute approximate surface area is 197 Å². The van der Waals surface area contributed by atoms with Crippen molar-refractivity contribution in [2.45, 2.75) is 30.7 Å². The minimum Gasteiger partial charge on any atom is -0.504 e. The first-order chi connectivity index (χ1) is 16.7. The number of methoxy groups -OCH3 is 2. The fraction of sp³-hybridized carbons (Fsp3) is 0.348. The summed E-state index contributed by atoms with van der Waals surface area (Å²) in [6.07, 6.45) is -6.62. The van der Waals surface area contributed by atoms with Gasteiger partial charge in [0.05, 0.1) is 26.4 Å². The molecule has 1 saturated heterocycles. The summed E-state index contributed by atoms with van der Waals surface area (Å²) in [7, 11) is 2.56. The second kappa shape index (κ2) is 9.60. The first kappa shape index (κ1) is 24.6. The number of hydrogen-bond acceptors (Lipinski definition) is 12. The highest BCUT2D eigenvalue weighted by Gasteiger charge is 2.45. The Morgan fingerprint density at radius 2 is 1.71 bits per heavy atom. The smallest absolute Gasteiger partial charge is 0.229 e. The van der Waals surface area contributed by atoms with Crippen LogP contribution in [-0.2, 0) is 4.74 Å². The summed E-state index contributed by atoms with van der Waals surface area (Å²) >= 11 is 0. The molecule has 5 atom stereocenters. The molecule has 0 spiro atoms. The fourth-order valence-electron chi connectivity index (χ4n) is 3.85. The lowest BCUT2D eigenvalue weighted by molar-refractivity contribution is -0.277. The Morgan fingerprint density at radius 1 is 0.971 bits per heavy atom. The zero-order chi connectivity index (χ0) is 25.4. The Bertz CT molecular complexity index is 1280. The number of aliphatic hydroxyl groups is 4. The molecule has 4 rings (SSSR count). The van der Waals surface area contributed by atoms with Gasteiger partial charge >= 0.3 is 0 Å². The van der Waals surface area contributed by atoms with Crippen LogP contribution in [0.1, 0.15) is 0 Å². The molecule has 12 heteroatoms. The van der Waals surface area contributed by atoms with Crippen LogP contribution < -0.4 is 19.6 Å². The van der Waals surface area contributed by atoms with Gasteiger partial charge in [0, 0.05) is 6.07 Å². The first-order valence-corrected chi connectivity index (χ1v) is 10.4. The monoisotopic (exact) mass is 492 g/mol. The standard InChI is InChI=1S/C23H24O12/c1-31-12-5-9(3-4-11(12)25)10-8-33-13-6-14(22(32-2)19(28)16(13)17(10)26)34-23-21(30)20(29)18(27)15(7-24)35-23/h3-6,8,15,18,20-21,23-25,27-30H,7H2,1-2H3/t15-,18-,20+,21-,23-/m1/s1. The molecule has 2 aromatic carbocycles. The van der Waals surface area contributed by atoms with Gasteiger partial charge in [0.2, 0.25) is 17.5 Å². The lowest BCUT2D eigenvalue weighted by Crippen LogP contribution is -2.60. The Kier molecular flexibility index (Phi) is 6.74. The van der Waals surface area contributed by atoms with E-state index in [0.29, 0.717) is 5.56 Å². The molecule has 1 aliphatic heterocycles. The van der Waals surface area contributed by atoms with Crippen molar-refractivity contribution in [3.8, 4) is 39.9 Å². The van der Waals surface area contributed by atoms with Gasteiger partial charge in [0.15, 0.2) is 23.0 Å². The van der Waals surface area contributed by atoms with Crippen molar-refractivity contribution in [2.75, 3.05) is 20.8 Å². The molecule has 0 aliphatic carbocycles. The van der Waals surface area contributed by atoms with Crippen LogP contribution in [0.5, 0.6) is 28.7 Å². The number of aromatic hydroxyl groups is 2. The van der Waals surface area contributed by atoms with Crippen LogP contribution in [-0.4, -0.2) is 82.2 Å². The van der Waals surface area contributed by atoms with Gasteiger partial charge in [0.25, 0.3) is 0 Å². The summed E-state index contributed by atoms with van der Waals surface area (Å²) in [6, 6.07) is 5.46. The molecule has 0 unspecified atom stereocenters. The maximum atomic E-state index is 13.2. The van der Waals surface area contributed by atoms with E-state index in [-0.39, 0.29) is 39.5 Å². The predicted octanol–water partition coefficient (Wildman–Crippen LogP) is 0.0671. The summed E-state index contributed by atoms with van der Waals surface area (Å²) in [5, 5.41) is 60.0. The topological polar surface area (TPSA) is 189 Å². The van der Waals surface area contributed by atoms with Crippen LogP contribution in [0.2, 0.25) is 0 Å². The number of fused-ring (bicyclic) bond motifs is 1. The zero-order valence-corrected chi connectivity index (χ0v) is 18.6. The van der Waals surface area contributed by atoms with Crippen LogP contribution >= 0.6 is 0 Å². The third-order valence-electron chi connectivity index (χ3n) is 5.75. The molecule has 3 aromatic rings. The van der Waals surface area contributed by atoms with E-state index in [0.717, 1.165) is 6.26 Å². The van der Waals surface area contributed by atoms with E-state index in [9.17, 15) is 35.4 Å². The summed E-state index contributed by atoms with van der Waals surface area (Å²) in [5.41, 5.74) is -0.289. The molecule has 1 fully saturated rings. The molecule has 1 aliphatic rings. The minimum absolute atomic E-state index is 0.0655. The van der Waals surface area contributed by atoms with Gasteiger partial charge in [-0.05, 0) is 17.7 Å². The highest BCUT2D eigenvalue weighted by atomic mass is 16.7. The molecule has 12 nitrogen and oxygen atoms in total. The number of phenols is 2. The second-order valence-electron chi connectivity index (χ2n) is 7.81. The van der Waals surface area contributed by atoms with Crippen molar-refractivity contribution in [1.82, 2.24) is 0 Å². The van der Waals surface area contributed by atoms with E-state index in [4.69, 9.17) is 23.4 Å². The molecule has 0 amide bonds. The van der Waals surface area contributed by atoms with Crippen LogP contribution in [0, 0.1) is 0 Å². The lowest BCUT2D eigenvalue weighted by atomic mass is 9.99. The summed E-state index contributed by atoms with van der Waals surface area (Å²) in [5.74, 6) is -1.11. The number of phenolic OH excluding ortho intramolecular Hbond substituents is 2. The van der Waals surface area contributed by atoms with Gasteiger partial charge in [-0.15, -0.1) is 0 Å². The number of hydrogen-bond donors (Lipinski definition) is 6. The number of ether oxygens (including phenoxy) is 4. The third-order valence-corrected chi connectivity index (χ3v) is 5.75. The van der Waals surface area contributed by atoms with E-state index in [1.54, 1.807) is 0 Å². The van der Waals surface area contributed by atoms with Crippen LogP contribution in [0.15, 0.2) is 39.7 Å². The van der Waals surface area contributed by atoms with Crippen molar-refractivity contribution in [3.05, 3.63) is 40.8 Å². The van der Waals surface area contributed by atoms with E-state index in [2.05, 4.69) is 0 Å². The predicted molar refractivity (Wildman–Crippen MR) is 119 cm³/mol. The second-order valence-corrected chi connectivity index (χ2v) is 7.81. The van der Waals surface area contributed by atoms with Crippen LogP contribution in [0.25, 0.3) is 22.1 Å². The maximum absolute atomic E-state index is 13.2. The van der Waals surface area contributed by atoms with Gasteiger partial charge < -0.3 is 54.0 Å². The van der Waals surface area contributed by atoms with Gasteiger partial charge in [-0.2, -0.15) is 0 Å². The van der Waals surface area contributed by atoms with Crippen LogP contribution in [0.3, 0.4) is 0 Å².